The van der Waals surface area contributed by atoms with Gasteiger partial charge in [-0.3, -0.25) is 24.6 Å². The van der Waals surface area contributed by atoms with Crippen LogP contribution in [0.15, 0.2) is 42.5 Å². The van der Waals surface area contributed by atoms with Crippen LogP contribution in [0.1, 0.15) is 37.5 Å². The first kappa shape index (κ1) is 20.7. The molecule has 166 valence electrons. The van der Waals surface area contributed by atoms with Crippen LogP contribution in [0.5, 0.6) is 5.75 Å². The molecule has 0 aliphatic carbocycles. The highest BCUT2D eigenvalue weighted by atomic mass is 16.3. The Kier molecular flexibility index (Phi) is 4.30. The van der Waals surface area contributed by atoms with Gasteiger partial charge in [-0.15, -0.1) is 0 Å². The second-order valence-electron chi connectivity index (χ2n) is 10.1. The van der Waals surface area contributed by atoms with Crippen molar-refractivity contribution in [3.63, 3.8) is 0 Å². The standard InChI is InChI=1S/C25H27N3O4/c1-13-5-10-17-16(11-13)25(23(32)26-17)20-19(21(30)28(22(20)31)24(2,3)4)18(27-25)12-14-6-8-15(29)9-7-14/h5-11,18-20,27,29H,12H2,1-4H3,(H,26,32)/t18?,19-,20+,25?/m1/s1. The maximum atomic E-state index is 13.7. The Hall–Kier alpha value is -3.19. The average Bonchev–Trinajstić information content (AvgIpc) is 3.28. The van der Waals surface area contributed by atoms with Gasteiger partial charge >= 0.3 is 0 Å². The molecule has 2 aromatic carbocycles. The molecular weight excluding hydrogens is 406 g/mol. The molecule has 2 fully saturated rings. The number of aryl methyl sites for hydroxylation is 1. The zero-order chi connectivity index (χ0) is 23.0. The lowest BCUT2D eigenvalue weighted by molar-refractivity contribution is -0.147. The predicted molar refractivity (Wildman–Crippen MR) is 119 cm³/mol. The molecule has 32 heavy (non-hydrogen) atoms. The number of benzene rings is 2. The molecule has 7 heteroatoms. The molecule has 3 aliphatic rings. The van der Waals surface area contributed by atoms with E-state index in [9.17, 15) is 19.5 Å². The Morgan fingerprint density at radius 3 is 2.38 bits per heavy atom. The molecule has 0 radical (unpaired) electrons. The number of nitrogens with zero attached hydrogens (tertiary/aromatic N) is 1. The van der Waals surface area contributed by atoms with E-state index in [1.165, 1.54) is 4.90 Å². The zero-order valence-corrected chi connectivity index (χ0v) is 18.6. The van der Waals surface area contributed by atoms with Gasteiger partial charge in [0.1, 0.15) is 11.3 Å². The zero-order valence-electron chi connectivity index (χ0n) is 18.6. The molecule has 4 atom stereocenters. The first-order valence-electron chi connectivity index (χ1n) is 10.9. The Balaban J connectivity index is 1.66. The van der Waals surface area contributed by atoms with Crippen molar-refractivity contribution in [3.05, 3.63) is 59.2 Å². The van der Waals surface area contributed by atoms with Gasteiger partial charge in [0.15, 0.2) is 0 Å². The third kappa shape index (κ3) is 2.73. The molecule has 5 rings (SSSR count). The van der Waals surface area contributed by atoms with E-state index in [1.807, 2.05) is 45.9 Å². The van der Waals surface area contributed by atoms with Gasteiger partial charge in [-0.05, 0) is 57.9 Å². The number of carbonyl (C=O) groups is 3. The molecule has 2 saturated heterocycles. The number of carbonyl (C=O) groups excluding carboxylic acids is 3. The Morgan fingerprint density at radius 2 is 1.72 bits per heavy atom. The number of anilines is 1. The van der Waals surface area contributed by atoms with E-state index < -0.39 is 29.0 Å². The summed E-state index contributed by atoms with van der Waals surface area (Å²) in [5.41, 5.74) is 1.31. The summed E-state index contributed by atoms with van der Waals surface area (Å²) in [4.78, 5) is 42.2. The van der Waals surface area contributed by atoms with Crippen LogP contribution in [0.4, 0.5) is 5.69 Å². The minimum absolute atomic E-state index is 0.160. The lowest BCUT2D eigenvalue weighted by Gasteiger charge is -2.34. The summed E-state index contributed by atoms with van der Waals surface area (Å²) < 4.78 is 0. The van der Waals surface area contributed by atoms with Crippen LogP contribution >= 0.6 is 0 Å². The van der Waals surface area contributed by atoms with Crippen LogP contribution < -0.4 is 10.6 Å². The summed E-state index contributed by atoms with van der Waals surface area (Å²) >= 11 is 0. The first-order valence-corrected chi connectivity index (χ1v) is 10.9. The number of rotatable bonds is 2. The number of amides is 3. The van der Waals surface area contributed by atoms with E-state index in [0.717, 1.165) is 16.7 Å². The molecule has 3 heterocycles. The van der Waals surface area contributed by atoms with Gasteiger partial charge in [-0.2, -0.15) is 0 Å². The molecule has 3 amide bonds. The topological polar surface area (TPSA) is 98.7 Å². The van der Waals surface area contributed by atoms with Gasteiger partial charge in [0, 0.05) is 22.8 Å². The smallest absolute Gasteiger partial charge is 0.250 e. The number of phenolic OH excluding ortho intramolecular Hbond substituents is 1. The van der Waals surface area contributed by atoms with Gasteiger partial charge in [0.2, 0.25) is 17.7 Å². The molecule has 2 aromatic rings. The van der Waals surface area contributed by atoms with E-state index in [1.54, 1.807) is 24.3 Å². The Labute approximate surface area is 186 Å². The summed E-state index contributed by atoms with van der Waals surface area (Å²) in [5, 5.41) is 16.0. The second-order valence-corrected chi connectivity index (χ2v) is 10.1. The fraction of sp³-hybridized carbons (Fsp3) is 0.400. The van der Waals surface area contributed by atoms with Crippen molar-refractivity contribution in [3.8, 4) is 5.75 Å². The molecule has 3 aliphatic heterocycles. The third-order valence-corrected chi connectivity index (χ3v) is 6.93. The van der Waals surface area contributed by atoms with Gasteiger partial charge in [-0.1, -0.05) is 29.8 Å². The highest BCUT2D eigenvalue weighted by molar-refractivity contribution is 6.15. The molecule has 0 bridgehead atoms. The van der Waals surface area contributed by atoms with E-state index in [0.29, 0.717) is 12.1 Å². The fourth-order valence-corrected chi connectivity index (χ4v) is 5.64. The molecule has 1 spiro atoms. The van der Waals surface area contributed by atoms with Gasteiger partial charge in [0.05, 0.1) is 11.8 Å². The number of hydrogen-bond donors (Lipinski definition) is 3. The molecule has 0 saturated carbocycles. The monoisotopic (exact) mass is 433 g/mol. The Bertz CT molecular complexity index is 1150. The van der Waals surface area contributed by atoms with E-state index in [2.05, 4.69) is 10.6 Å². The summed E-state index contributed by atoms with van der Waals surface area (Å²) in [5.74, 6) is -2.16. The van der Waals surface area contributed by atoms with Crippen LogP contribution in [0, 0.1) is 18.8 Å². The fourth-order valence-electron chi connectivity index (χ4n) is 5.64. The van der Waals surface area contributed by atoms with Gasteiger partial charge < -0.3 is 10.4 Å². The summed E-state index contributed by atoms with van der Waals surface area (Å²) in [7, 11) is 0. The van der Waals surface area contributed by atoms with E-state index in [4.69, 9.17) is 0 Å². The van der Waals surface area contributed by atoms with Gasteiger partial charge in [0.25, 0.3) is 0 Å². The van der Waals surface area contributed by atoms with Crippen molar-refractivity contribution in [2.75, 3.05) is 5.32 Å². The summed E-state index contributed by atoms with van der Waals surface area (Å²) in [6.07, 6.45) is 0.453. The summed E-state index contributed by atoms with van der Waals surface area (Å²) in [6.45, 7) is 7.46. The highest BCUT2D eigenvalue weighted by Crippen LogP contribution is 2.54. The molecule has 3 N–H and O–H groups in total. The van der Waals surface area contributed by atoms with Crippen molar-refractivity contribution in [1.82, 2.24) is 10.2 Å². The molecule has 2 unspecified atom stereocenters. The van der Waals surface area contributed by atoms with Crippen molar-refractivity contribution in [1.29, 1.82) is 0 Å². The van der Waals surface area contributed by atoms with E-state index in [-0.39, 0.29) is 23.5 Å². The van der Waals surface area contributed by atoms with Gasteiger partial charge in [-0.25, -0.2) is 0 Å². The first-order chi connectivity index (χ1) is 15.0. The maximum absolute atomic E-state index is 13.7. The maximum Gasteiger partial charge on any atom is 0.250 e. The molecule has 7 nitrogen and oxygen atoms in total. The largest absolute Gasteiger partial charge is 0.508 e. The average molecular weight is 434 g/mol. The lowest BCUT2D eigenvalue weighted by atomic mass is 9.76. The van der Waals surface area contributed by atoms with Crippen LogP contribution in [-0.4, -0.2) is 39.3 Å². The number of hydrogen-bond acceptors (Lipinski definition) is 5. The number of aromatic hydroxyl groups is 1. The quantitative estimate of drug-likeness (QED) is 0.632. The lowest BCUT2D eigenvalue weighted by Crippen LogP contribution is -2.56. The van der Waals surface area contributed by atoms with E-state index >= 15 is 0 Å². The van der Waals surface area contributed by atoms with Crippen LogP contribution in [0.3, 0.4) is 0 Å². The number of phenols is 1. The molecule has 0 aromatic heterocycles. The number of nitrogens with one attached hydrogen (secondary N) is 2. The van der Waals surface area contributed by atoms with Crippen LogP contribution in [0.25, 0.3) is 0 Å². The molecular formula is C25H27N3O4. The van der Waals surface area contributed by atoms with Crippen molar-refractivity contribution >= 4 is 23.4 Å². The number of likely N-dealkylation sites (tertiary alicyclic amines) is 1. The number of fused-ring (bicyclic) bond motifs is 4. The predicted octanol–water partition coefficient (Wildman–Crippen LogP) is 2.46. The van der Waals surface area contributed by atoms with Crippen molar-refractivity contribution < 1.29 is 19.5 Å². The van der Waals surface area contributed by atoms with Crippen molar-refractivity contribution in [2.45, 2.75) is 51.2 Å². The van der Waals surface area contributed by atoms with Crippen LogP contribution in [0.2, 0.25) is 0 Å². The summed E-state index contributed by atoms with van der Waals surface area (Å²) in [6, 6.07) is 12.1. The third-order valence-electron chi connectivity index (χ3n) is 6.93. The SMILES string of the molecule is Cc1ccc2c(c1)C1(NC(Cc3ccc(O)cc3)[C@H]3C(=O)N(C(C)(C)C)C(=O)[C@H]31)C(=O)N2. The number of imide groups is 1. The van der Waals surface area contributed by atoms with Crippen LogP contribution in [-0.2, 0) is 26.3 Å². The van der Waals surface area contributed by atoms with Crippen molar-refractivity contribution in [2.24, 2.45) is 11.8 Å². The second kappa shape index (κ2) is 6.65. The Morgan fingerprint density at radius 1 is 1.03 bits per heavy atom. The highest BCUT2D eigenvalue weighted by Gasteiger charge is 2.71. The minimum atomic E-state index is -1.29. The minimum Gasteiger partial charge on any atom is -0.508 e. The normalized spacial score (nSPS) is 28.9.